The van der Waals surface area contributed by atoms with Gasteiger partial charge in [-0.2, -0.15) is 0 Å². The van der Waals surface area contributed by atoms with Crippen molar-refractivity contribution in [3.05, 3.63) is 29.8 Å². The largest absolute Gasteiger partial charge is 0.369 e. The van der Waals surface area contributed by atoms with Crippen LogP contribution in [-0.2, 0) is 4.79 Å². The summed E-state index contributed by atoms with van der Waals surface area (Å²) in [6, 6.07) is 3.47. The van der Waals surface area contributed by atoms with Crippen molar-refractivity contribution < 1.29 is 13.6 Å². The van der Waals surface area contributed by atoms with E-state index >= 15 is 0 Å². The molecule has 0 spiro atoms. The summed E-state index contributed by atoms with van der Waals surface area (Å²) in [5, 5.41) is -0.458. The third-order valence-electron chi connectivity index (χ3n) is 1.60. The Morgan fingerprint density at radius 3 is 2.57 bits per heavy atom. The van der Waals surface area contributed by atoms with Gasteiger partial charge in [0, 0.05) is 4.90 Å². The van der Waals surface area contributed by atoms with Crippen LogP contribution >= 0.6 is 11.8 Å². The van der Waals surface area contributed by atoms with Crippen molar-refractivity contribution in [2.75, 3.05) is 0 Å². The Balaban J connectivity index is 2.78. The fourth-order valence-electron chi connectivity index (χ4n) is 0.812. The maximum atomic E-state index is 12.7. The number of nitrogens with two attached hydrogens (primary N) is 1. The summed E-state index contributed by atoms with van der Waals surface area (Å²) in [5.41, 5.74) is 5.02. The molecule has 1 atom stereocenters. The number of amides is 1. The van der Waals surface area contributed by atoms with E-state index in [-0.39, 0.29) is 0 Å². The Hall–Kier alpha value is -1.10. The first-order valence-electron chi connectivity index (χ1n) is 3.91. The number of primary amides is 1. The van der Waals surface area contributed by atoms with Crippen LogP contribution in [0.3, 0.4) is 0 Å². The molecule has 1 aromatic carbocycles. The van der Waals surface area contributed by atoms with E-state index in [0.29, 0.717) is 4.90 Å². The van der Waals surface area contributed by atoms with Gasteiger partial charge < -0.3 is 5.73 Å². The molecule has 0 saturated carbocycles. The lowest BCUT2D eigenvalue weighted by Crippen LogP contribution is -2.22. The summed E-state index contributed by atoms with van der Waals surface area (Å²) >= 11 is 1.09. The number of halogens is 2. The quantitative estimate of drug-likeness (QED) is 0.786. The third kappa shape index (κ3) is 2.70. The lowest BCUT2D eigenvalue weighted by atomic mass is 10.3. The zero-order valence-corrected chi connectivity index (χ0v) is 8.28. The van der Waals surface area contributed by atoms with Crippen LogP contribution in [0.5, 0.6) is 0 Å². The normalized spacial score (nSPS) is 12.5. The Morgan fingerprint density at radius 1 is 1.43 bits per heavy atom. The lowest BCUT2D eigenvalue weighted by Gasteiger charge is -2.06. The molecule has 0 saturated heterocycles. The standard InChI is InChI=1S/C9H9F2NOS/c1-5(9(12)13)14-6-2-3-7(10)8(11)4-6/h2-5H,1H3,(H2,12,13)/t5-/m0/s1. The fraction of sp³-hybridized carbons (Fsp3) is 0.222. The zero-order valence-electron chi connectivity index (χ0n) is 7.46. The van der Waals surface area contributed by atoms with Crippen molar-refractivity contribution in [1.29, 1.82) is 0 Å². The SMILES string of the molecule is C[C@H](Sc1ccc(F)c(F)c1)C(N)=O. The monoisotopic (exact) mass is 217 g/mol. The van der Waals surface area contributed by atoms with Gasteiger partial charge in [-0.1, -0.05) is 0 Å². The van der Waals surface area contributed by atoms with Gasteiger partial charge in [0.15, 0.2) is 11.6 Å². The van der Waals surface area contributed by atoms with Gasteiger partial charge in [-0.3, -0.25) is 4.79 Å². The van der Waals surface area contributed by atoms with Crippen molar-refractivity contribution >= 4 is 17.7 Å². The van der Waals surface area contributed by atoms with E-state index < -0.39 is 22.8 Å². The first-order chi connectivity index (χ1) is 6.50. The van der Waals surface area contributed by atoms with E-state index in [1.165, 1.54) is 6.07 Å². The molecular formula is C9H9F2NOS. The van der Waals surface area contributed by atoms with E-state index in [4.69, 9.17) is 5.73 Å². The minimum atomic E-state index is -0.924. The molecule has 1 amide bonds. The van der Waals surface area contributed by atoms with Gasteiger partial charge in [-0.15, -0.1) is 11.8 Å². The average molecular weight is 217 g/mol. The molecule has 5 heteroatoms. The second-order valence-electron chi connectivity index (χ2n) is 2.74. The highest BCUT2D eigenvalue weighted by molar-refractivity contribution is 8.00. The number of benzene rings is 1. The molecule has 0 heterocycles. The van der Waals surface area contributed by atoms with Crippen LogP contribution in [0.15, 0.2) is 23.1 Å². The summed E-state index contributed by atoms with van der Waals surface area (Å²) in [7, 11) is 0. The molecule has 0 aliphatic carbocycles. The van der Waals surface area contributed by atoms with Gasteiger partial charge in [-0.25, -0.2) is 8.78 Å². The van der Waals surface area contributed by atoms with Crippen molar-refractivity contribution in [2.24, 2.45) is 5.73 Å². The predicted octanol–water partition coefficient (Wildman–Crippen LogP) is 1.93. The van der Waals surface area contributed by atoms with E-state index in [1.54, 1.807) is 6.92 Å². The number of hydrogen-bond acceptors (Lipinski definition) is 2. The summed E-state index contributed by atoms with van der Waals surface area (Å²) < 4.78 is 25.2. The van der Waals surface area contributed by atoms with Crippen molar-refractivity contribution in [3.8, 4) is 0 Å². The maximum Gasteiger partial charge on any atom is 0.230 e. The minimum Gasteiger partial charge on any atom is -0.369 e. The molecule has 2 N–H and O–H groups in total. The van der Waals surface area contributed by atoms with E-state index in [1.807, 2.05) is 0 Å². The molecular weight excluding hydrogens is 208 g/mol. The Morgan fingerprint density at radius 2 is 2.07 bits per heavy atom. The predicted molar refractivity (Wildman–Crippen MR) is 50.9 cm³/mol. The summed E-state index contributed by atoms with van der Waals surface area (Å²) in [4.78, 5) is 11.2. The number of hydrogen-bond donors (Lipinski definition) is 1. The van der Waals surface area contributed by atoms with E-state index in [0.717, 1.165) is 23.9 Å². The molecule has 0 fully saturated rings. The fourth-order valence-corrected chi connectivity index (χ4v) is 1.65. The summed E-state index contributed by atoms with van der Waals surface area (Å²) in [5.74, 6) is -2.31. The second kappa shape index (κ2) is 4.41. The molecule has 1 rings (SSSR count). The number of thioether (sulfide) groups is 1. The number of carbonyl (C=O) groups is 1. The van der Waals surface area contributed by atoms with Gasteiger partial charge in [-0.05, 0) is 25.1 Å². The Labute approximate surface area is 84.5 Å². The summed E-state index contributed by atoms with van der Waals surface area (Å²) in [6.07, 6.45) is 0. The van der Waals surface area contributed by atoms with Crippen LogP contribution in [-0.4, -0.2) is 11.2 Å². The van der Waals surface area contributed by atoms with Crippen LogP contribution < -0.4 is 5.73 Å². The van der Waals surface area contributed by atoms with E-state index in [9.17, 15) is 13.6 Å². The number of carbonyl (C=O) groups excluding carboxylic acids is 1. The van der Waals surface area contributed by atoms with Crippen LogP contribution in [0.4, 0.5) is 8.78 Å². The lowest BCUT2D eigenvalue weighted by molar-refractivity contribution is -0.117. The summed E-state index contributed by atoms with van der Waals surface area (Å²) in [6.45, 7) is 1.61. The van der Waals surface area contributed by atoms with Crippen molar-refractivity contribution in [3.63, 3.8) is 0 Å². The molecule has 0 unspecified atom stereocenters. The van der Waals surface area contributed by atoms with Crippen molar-refractivity contribution in [1.82, 2.24) is 0 Å². The molecule has 76 valence electrons. The Bertz CT molecular complexity index is 357. The minimum absolute atomic E-state index is 0.458. The smallest absolute Gasteiger partial charge is 0.230 e. The van der Waals surface area contributed by atoms with Gasteiger partial charge in [0.25, 0.3) is 0 Å². The Kier molecular flexibility index (Phi) is 3.46. The molecule has 0 aliphatic rings. The van der Waals surface area contributed by atoms with Gasteiger partial charge >= 0.3 is 0 Å². The maximum absolute atomic E-state index is 12.7. The zero-order chi connectivity index (χ0) is 10.7. The topological polar surface area (TPSA) is 43.1 Å². The van der Waals surface area contributed by atoms with Gasteiger partial charge in [0.2, 0.25) is 5.91 Å². The highest BCUT2D eigenvalue weighted by atomic mass is 32.2. The first-order valence-corrected chi connectivity index (χ1v) is 4.79. The third-order valence-corrected chi connectivity index (χ3v) is 2.72. The molecule has 14 heavy (non-hydrogen) atoms. The molecule has 0 aliphatic heterocycles. The van der Waals surface area contributed by atoms with Crippen LogP contribution in [0.1, 0.15) is 6.92 Å². The highest BCUT2D eigenvalue weighted by Gasteiger charge is 2.11. The van der Waals surface area contributed by atoms with Crippen molar-refractivity contribution in [2.45, 2.75) is 17.1 Å². The van der Waals surface area contributed by atoms with Gasteiger partial charge in [0.05, 0.1) is 5.25 Å². The van der Waals surface area contributed by atoms with Crippen LogP contribution in [0.25, 0.3) is 0 Å². The molecule has 0 bridgehead atoms. The number of rotatable bonds is 3. The molecule has 1 aromatic rings. The van der Waals surface area contributed by atoms with Crippen LogP contribution in [0.2, 0.25) is 0 Å². The van der Waals surface area contributed by atoms with E-state index in [2.05, 4.69) is 0 Å². The second-order valence-corrected chi connectivity index (χ2v) is 4.15. The molecule has 2 nitrogen and oxygen atoms in total. The molecule has 0 aromatic heterocycles. The highest BCUT2D eigenvalue weighted by Crippen LogP contribution is 2.24. The average Bonchev–Trinajstić information content (AvgIpc) is 2.11. The molecule has 0 radical (unpaired) electrons. The first kappa shape index (κ1) is 11.0. The van der Waals surface area contributed by atoms with Crippen LogP contribution in [0, 0.1) is 11.6 Å². The van der Waals surface area contributed by atoms with Gasteiger partial charge in [0.1, 0.15) is 0 Å².